The van der Waals surface area contributed by atoms with Crippen molar-refractivity contribution in [3.05, 3.63) is 60.0 Å². The van der Waals surface area contributed by atoms with Crippen molar-refractivity contribution in [1.82, 2.24) is 9.36 Å². The van der Waals surface area contributed by atoms with Gasteiger partial charge in [0.1, 0.15) is 5.78 Å². The van der Waals surface area contributed by atoms with Crippen LogP contribution in [0.25, 0.3) is 10.1 Å². The first-order valence-corrected chi connectivity index (χ1v) is 7.85. The fraction of sp³-hybridized carbons (Fsp3) is 0.235. The molecule has 2 atom stereocenters. The maximum Gasteiger partial charge on any atom is 0.141 e. The van der Waals surface area contributed by atoms with Gasteiger partial charge >= 0.3 is 0 Å². The molecule has 1 unspecified atom stereocenters. The van der Waals surface area contributed by atoms with Gasteiger partial charge in [-0.2, -0.15) is 4.37 Å². The number of hydrogen-bond acceptors (Lipinski definition) is 4. The number of benzene rings is 1. The molecule has 1 aromatic carbocycles. The summed E-state index contributed by atoms with van der Waals surface area (Å²) in [5.74, 6) is 0.803. The van der Waals surface area contributed by atoms with Crippen molar-refractivity contribution in [2.45, 2.75) is 18.8 Å². The van der Waals surface area contributed by atoms with E-state index in [1.165, 1.54) is 11.5 Å². The van der Waals surface area contributed by atoms with Gasteiger partial charge in [-0.05, 0) is 41.7 Å². The van der Waals surface area contributed by atoms with E-state index in [9.17, 15) is 4.79 Å². The zero-order chi connectivity index (χ0) is 14.2. The molecule has 3 aromatic rings. The van der Waals surface area contributed by atoms with Crippen LogP contribution in [0.1, 0.15) is 23.6 Å². The normalized spacial score (nSPS) is 20.6. The van der Waals surface area contributed by atoms with E-state index in [1.54, 1.807) is 6.20 Å². The summed E-state index contributed by atoms with van der Waals surface area (Å²) in [6.45, 7) is 0. The number of pyridine rings is 1. The molecule has 1 fully saturated rings. The van der Waals surface area contributed by atoms with Gasteiger partial charge in [-0.25, -0.2) is 0 Å². The van der Waals surface area contributed by atoms with Gasteiger partial charge in [0.2, 0.25) is 0 Å². The maximum absolute atomic E-state index is 12.4. The third kappa shape index (κ3) is 2.47. The molecule has 3 nitrogen and oxygen atoms in total. The lowest BCUT2D eigenvalue weighted by atomic mass is 10.0. The van der Waals surface area contributed by atoms with Gasteiger partial charge < -0.3 is 0 Å². The monoisotopic (exact) mass is 294 g/mol. The van der Waals surface area contributed by atoms with Crippen LogP contribution in [-0.2, 0) is 11.2 Å². The minimum atomic E-state index is 0.150. The molecule has 0 bridgehead atoms. The molecule has 1 saturated carbocycles. The van der Waals surface area contributed by atoms with Gasteiger partial charge in [-0.1, -0.05) is 18.2 Å². The first-order valence-electron chi connectivity index (χ1n) is 7.08. The molecular formula is C17H14N2OS. The average molecular weight is 294 g/mol. The highest BCUT2D eigenvalue weighted by atomic mass is 32.1. The lowest BCUT2D eigenvalue weighted by Crippen LogP contribution is -2.06. The molecule has 21 heavy (non-hydrogen) atoms. The predicted octanol–water partition coefficient (Wildman–Crippen LogP) is 3.61. The van der Waals surface area contributed by atoms with E-state index in [1.807, 2.05) is 36.5 Å². The highest BCUT2D eigenvalue weighted by molar-refractivity contribution is 7.13. The van der Waals surface area contributed by atoms with E-state index < -0.39 is 0 Å². The predicted molar refractivity (Wildman–Crippen MR) is 83.4 cm³/mol. The number of aromatic nitrogens is 2. The van der Waals surface area contributed by atoms with Gasteiger partial charge in [-0.15, -0.1) is 0 Å². The molecule has 0 saturated heterocycles. The molecule has 4 rings (SSSR count). The topological polar surface area (TPSA) is 42.9 Å². The summed E-state index contributed by atoms with van der Waals surface area (Å²) in [5.41, 5.74) is 2.14. The standard InChI is InChI=1S/C17H14N2OS/c20-16(14-9-13(14)15-3-1-2-6-18-15)7-11-4-5-12-10-19-21-17(12)8-11/h1-6,8,10,13-14H,7,9H2/t13?,14-/m1/s1. The zero-order valence-electron chi connectivity index (χ0n) is 11.4. The Morgan fingerprint density at radius 3 is 3.10 bits per heavy atom. The third-order valence-corrected chi connectivity index (χ3v) is 4.83. The lowest BCUT2D eigenvalue weighted by Gasteiger charge is -2.01. The Bertz CT molecular complexity index is 797. The number of rotatable bonds is 4. The average Bonchev–Trinajstić information content (AvgIpc) is 3.19. The second-order valence-electron chi connectivity index (χ2n) is 5.54. The van der Waals surface area contributed by atoms with Crippen molar-refractivity contribution in [1.29, 1.82) is 0 Å². The number of carbonyl (C=O) groups excluding carboxylic acids is 1. The molecule has 0 N–H and O–H groups in total. The molecule has 1 aliphatic carbocycles. The fourth-order valence-electron chi connectivity index (χ4n) is 2.82. The third-order valence-electron chi connectivity index (χ3n) is 4.07. The summed E-state index contributed by atoms with van der Waals surface area (Å²) in [6, 6.07) is 12.1. The lowest BCUT2D eigenvalue weighted by molar-refractivity contribution is -0.119. The summed E-state index contributed by atoms with van der Waals surface area (Å²) in [4.78, 5) is 16.7. The van der Waals surface area contributed by atoms with Crippen molar-refractivity contribution in [3.63, 3.8) is 0 Å². The van der Waals surface area contributed by atoms with Crippen LogP contribution in [0, 0.1) is 5.92 Å². The van der Waals surface area contributed by atoms with E-state index in [0.29, 0.717) is 18.1 Å². The Hall–Kier alpha value is -2.07. The summed E-state index contributed by atoms with van der Waals surface area (Å²) >= 11 is 1.48. The van der Waals surface area contributed by atoms with Gasteiger partial charge in [0.05, 0.1) is 4.70 Å². The van der Waals surface area contributed by atoms with Gasteiger partial charge in [-0.3, -0.25) is 9.78 Å². The minimum Gasteiger partial charge on any atom is -0.299 e. The molecule has 0 amide bonds. The van der Waals surface area contributed by atoms with E-state index in [4.69, 9.17) is 0 Å². The number of nitrogens with zero attached hydrogens (tertiary/aromatic N) is 2. The second kappa shape index (κ2) is 5.04. The molecule has 0 spiro atoms. The highest BCUT2D eigenvalue weighted by Crippen LogP contribution is 2.47. The number of Topliss-reactive ketones (excluding diaryl/α,β-unsaturated/α-hetero) is 1. The van der Waals surface area contributed by atoms with Crippen LogP contribution in [0.5, 0.6) is 0 Å². The minimum absolute atomic E-state index is 0.150. The molecule has 4 heteroatoms. The van der Waals surface area contributed by atoms with E-state index >= 15 is 0 Å². The van der Waals surface area contributed by atoms with E-state index in [2.05, 4.69) is 15.4 Å². The largest absolute Gasteiger partial charge is 0.299 e. The quantitative estimate of drug-likeness (QED) is 0.738. The van der Waals surface area contributed by atoms with Crippen molar-refractivity contribution in [3.8, 4) is 0 Å². The first kappa shape index (κ1) is 12.7. The van der Waals surface area contributed by atoms with Crippen LogP contribution in [0.15, 0.2) is 48.8 Å². The SMILES string of the molecule is O=C(Cc1ccc2cnsc2c1)[C@@H]1CC1c1ccccn1. The number of hydrogen-bond donors (Lipinski definition) is 0. The van der Waals surface area contributed by atoms with Crippen LogP contribution in [0.3, 0.4) is 0 Å². The Kier molecular flexibility index (Phi) is 3.04. The van der Waals surface area contributed by atoms with E-state index in [0.717, 1.165) is 27.8 Å². The zero-order valence-corrected chi connectivity index (χ0v) is 12.2. The van der Waals surface area contributed by atoms with E-state index in [-0.39, 0.29) is 5.92 Å². The van der Waals surface area contributed by atoms with Crippen LogP contribution < -0.4 is 0 Å². The molecule has 0 aliphatic heterocycles. The number of carbonyl (C=O) groups is 1. The Morgan fingerprint density at radius 2 is 2.24 bits per heavy atom. The van der Waals surface area contributed by atoms with Gasteiger partial charge in [0.15, 0.2) is 0 Å². The smallest absolute Gasteiger partial charge is 0.141 e. The van der Waals surface area contributed by atoms with Gasteiger partial charge in [0, 0.05) is 41.7 Å². The van der Waals surface area contributed by atoms with Crippen LogP contribution in [0.2, 0.25) is 0 Å². The number of fused-ring (bicyclic) bond motifs is 1. The molecule has 2 aromatic heterocycles. The van der Waals surface area contributed by atoms with Crippen molar-refractivity contribution in [2.75, 3.05) is 0 Å². The Morgan fingerprint density at radius 1 is 1.29 bits per heavy atom. The first-order chi connectivity index (χ1) is 10.3. The van der Waals surface area contributed by atoms with Crippen LogP contribution >= 0.6 is 11.5 Å². The van der Waals surface area contributed by atoms with Crippen LogP contribution in [-0.4, -0.2) is 15.1 Å². The Labute approximate surface area is 126 Å². The Balaban J connectivity index is 1.47. The second-order valence-corrected chi connectivity index (χ2v) is 6.38. The fourth-order valence-corrected chi connectivity index (χ4v) is 3.53. The summed E-state index contributed by atoms with van der Waals surface area (Å²) in [7, 11) is 0. The summed E-state index contributed by atoms with van der Waals surface area (Å²) in [5, 5.41) is 1.15. The van der Waals surface area contributed by atoms with Crippen molar-refractivity contribution >= 4 is 27.4 Å². The molecule has 2 heterocycles. The maximum atomic E-state index is 12.4. The molecular weight excluding hydrogens is 280 g/mol. The molecule has 0 radical (unpaired) electrons. The van der Waals surface area contributed by atoms with Crippen molar-refractivity contribution < 1.29 is 4.79 Å². The van der Waals surface area contributed by atoms with Gasteiger partial charge in [0.25, 0.3) is 0 Å². The summed E-state index contributed by atoms with van der Waals surface area (Å²) < 4.78 is 5.32. The highest BCUT2D eigenvalue weighted by Gasteiger charge is 2.44. The van der Waals surface area contributed by atoms with Crippen LogP contribution in [0.4, 0.5) is 0 Å². The molecule has 1 aliphatic rings. The number of ketones is 1. The molecule has 104 valence electrons. The summed E-state index contributed by atoms with van der Waals surface area (Å²) in [6.07, 6.45) is 5.12. The van der Waals surface area contributed by atoms with Crippen molar-refractivity contribution in [2.24, 2.45) is 5.92 Å².